The fourth-order valence-electron chi connectivity index (χ4n) is 1.52. The lowest BCUT2D eigenvalue weighted by molar-refractivity contribution is -0.385. The number of ether oxygens (including phenoxy) is 2. The van der Waals surface area contributed by atoms with Crippen LogP contribution in [0.1, 0.15) is 31.7 Å². The molecular formula is C12H14BrNO5. The molecule has 0 fully saturated rings. The number of hydrogen-bond acceptors (Lipinski definition) is 5. The van der Waals surface area contributed by atoms with Crippen molar-refractivity contribution in [1.82, 2.24) is 0 Å². The zero-order valence-corrected chi connectivity index (χ0v) is 12.4. The summed E-state index contributed by atoms with van der Waals surface area (Å²) in [7, 11) is 1.20. The molecule has 1 atom stereocenters. The monoisotopic (exact) mass is 331 g/mol. The molecule has 6 nitrogen and oxygen atoms in total. The van der Waals surface area contributed by atoms with Crippen LogP contribution in [-0.4, -0.2) is 18.2 Å². The predicted molar refractivity (Wildman–Crippen MR) is 72.5 cm³/mol. The highest BCUT2D eigenvalue weighted by Gasteiger charge is 2.22. The van der Waals surface area contributed by atoms with E-state index in [4.69, 9.17) is 4.74 Å². The number of hydrogen-bond donors (Lipinski definition) is 0. The van der Waals surface area contributed by atoms with Crippen molar-refractivity contribution in [2.24, 2.45) is 0 Å². The van der Waals surface area contributed by atoms with Crippen LogP contribution in [0.3, 0.4) is 0 Å². The summed E-state index contributed by atoms with van der Waals surface area (Å²) < 4.78 is 9.84. The van der Waals surface area contributed by atoms with Crippen molar-refractivity contribution in [3.63, 3.8) is 0 Å². The fourth-order valence-corrected chi connectivity index (χ4v) is 2.07. The molecule has 1 unspecified atom stereocenters. The zero-order valence-electron chi connectivity index (χ0n) is 10.8. The third-order valence-corrected chi connectivity index (χ3v) is 3.35. The molecule has 0 heterocycles. The molecule has 1 aromatic rings. The van der Waals surface area contributed by atoms with Crippen LogP contribution >= 0.6 is 15.9 Å². The third kappa shape index (κ3) is 3.66. The Morgan fingerprint density at radius 3 is 2.63 bits per heavy atom. The lowest BCUT2D eigenvalue weighted by atomic mass is 9.97. The maximum Gasteiger partial charge on any atom is 0.513 e. The second-order valence-electron chi connectivity index (χ2n) is 3.97. The van der Waals surface area contributed by atoms with Gasteiger partial charge in [0, 0.05) is 17.7 Å². The Bertz CT molecular complexity index is 503. The van der Waals surface area contributed by atoms with Gasteiger partial charge in [0.25, 0.3) is 5.69 Å². The minimum absolute atomic E-state index is 0.0101. The molecule has 0 bridgehead atoms. The van der Waals surface area contributed by atoms with E-state index in [-0.39, 0.29) is 17.4 Å². The van der Waals surface area contributed by atoms with Crippen LogP contribution in [0.4, 0.5) is 10.5 Å². The molecule has 0 aromatic heterocycles. The average Bonchev–Trinajstić information content (AvgIpc) is 2.39. The summed E-state index contributed by atoms with van der Waals surface area (Å²) in [5.41, 5.74) is 0.536. The first-order valence-corrected chi connectivity index (χ1v) is 6.43. The van der Waals surface area contributed by atoms with E-state index < -0.39 is 11.1 Å². The lowest BCUT2D eigenvalue weighted by Gasteiger charge is -2.15. The van der Waals surface area contributed by atoms with Gasteiger partial charge in [0.1, 0.15) is 0 Å². The average molecular weight is 332 g/mol. The van der Waals surface area contributed by atoms with E-state index in [1.54, 1.807) is 0 Å². The number of non-ortho nitro benzene ring substituents is 1. The summed E-state index contributed by atoms with van der Waals surface area (Å²) in [6.07, 6.45) is -0.107. The number of benzene rings is 1. The Kier molecular flexibility index (Phi) is 5.29. The standard InChI is InChI=1S/C12H14BrNO5/c1-4-7(2)9-5-8(14(16)17)6-10(13)11(9)19-12(15)18-3/h5-7H,4H2,1-3H3. The second-order valence-corrected chi connectivity index (χ2v) is 4.82. The number of carbonyl (C=O) groups is 1. The van der Waals surface area contributed by atoms with Crippen LogP contribution in [-0.2, 0) is 4.74 Å². The quantitative estimate of drug-likeness (QED) is 0.360. The van der Waals surface area contributed by atoms with Gasteiger partial charge in [0.05, 0.1) is 16.5 Å². The maximum absolute atomic E-state index is 11.2. The highest BCUT2D eigenvalue weighted by atomic mass is 79.9. The Hall–Kier alpha value is -1.63. The second kappa shape index (κ2) is 6.51. The molecule has 0 saturated heterocycles. The molecule has 0 N–H and O–H groups in total. The maximum atomic E-state index is 11.2. The first-order chi connectivity index (χ1) is 8.90. The summed E-state index contributed by atoms with van der Waals surface area (Å²) in [5, 5.41) is 10.9. The van der Waals surface area contributed by atoms with Gasteiger partial charge >= 0.3 is 6.16 Å². The zero-order chi connectivity index (χ0) is 14.6. The van der Waals surface area contributed by atoms with Crippen LogP contribution in [0.15, 0.2) is 16.6 Å². The minimum Gasteiger partial charge on any atom is -0.437 e. The molecule has 0 saturated carbocycles. The minimum atomic E-state index is -0.862. The predicted octanol–water partition coefficient (Wildman–Crippen LogP) is 4.02. The molecule has 0 radical (unpaired) electrons. The van der Waals surface area contributed by atoms with Gasteiger partial charge in [0.2, 0.25) is 0 Å². The molecular weight excluding hydrogens is 318 g/mol. The van der Waals surface area contributed by atoms with Gasteiger partial charge in [-0.1, -0.05) is 13.8 Å². The fraction of sp³-hybridized carbons (Fsp3) is 0.417. The van der Waals surface area contributed by atoms with Crippen molar-refractivity contribution >= 4 is 27.8 Å². The molecule has 19 heavy (non-hydrogen) atoms. The molecule has 0 spiro atoms. The third-order valence-electron chi connectivity index (χ3n) is 2.76. The Morgan fingerprint density at radius 1 is 1.53 bits per heavy atom. The summed E-state index contributed by atoms with van der Waals surface area (Å²) >= 11 is 3.18. The van der Waals surface area contributed by atoms with Crippen molar-refractivity contribution in [2.45, 2.75) is 26.2 Å². The van der Waals surface area contributed by atoms with Crippen LogP contribution in [0, 0.1) is 10.1 Å². The molecule has 0 aliphatic rings. The topological polar surface area (TPSA) is 78.7 Å². The van der Waals surface area contributed by atoms with Crippen molar-refractivity contribution in [2.75, 3.05) is 7.11 Å². The Morgan fingerprint density at radius 2 is 2.16 bits per heavy atom. The Balaban J connectivity index is 3.34. The van der Waals surface area contributed by atoms with E-state index in [9.17, 15) is 14.9 Å². The van der Waals surface area contributed by atoms with E-state index in [1.165, 1.54) is 19.2 Å². The van der Waals surface area contributed by atoms with Crippen LogP contribution in [0.2, 0.25) is 0 Å². The molecule has 0 aliphatic heterocycles. The van der Waals surface area contributed by atoms with Crippen molar-refractivity contribution < 1.29 is 19.2 Å². The summed E-state index contributed by atoms with van der Waals surface area (Å²) in [6.45, 7) is 3.84. The van der Waals surface area contributed by atoms with E-state index in [0.717, 1.165) is 6.42 Å². The highest BCUT2D eigenvalue weighted by Crippen LogP contribution is 2.38. The van der Waals surface area contributed by atoms with Gasteiger partial charge in [-0.2, -0.15) is 0 Å². The van der Waals surface area contributed by atoms with Gasteiger partial charge in [0.15, 0.2) is 5.75 Å². The first-order valence-electron chi connectivity index (χ1n) is 5.64. The van der Waals surface area contributed by atoms with Gasteiger partial charge in [-0.25, -0.2) is 4.79 Å². The van der Waals surface area contributed by atoms with Crippen LogP contribution < -0.4 is 4.74 Å². The van der Waals surface area contributed by atoms with Crippen LogP contribution in [0.5, 0.6) is 5.75 Å². The SMILES string of the molecule is CCC(C)c1cc([N+](=O)[O-])cc(Br)c1OC(=O)OC. The number of halogens is 1. The van der Waals surface area contributed by atoms with Crippen molar-refractivity contribution in [3.8, 4) is 5.75 Å². The van der Waals surface area contributed by atoms with E-state index in [2.05, 4.69) is 20.7 Å². The molecule has 0 aliphatic carbocycles. The van der Waals surface area contributed by atoms with E-state index >= 15 is 0 Å². The lowest BCUT2D eigenvalue weighted by Crippen LogP contribution is -2.10. The summed E-state index contributed by atoms with van der Waals surface area (Å²) in [5.74, 6) is 0.266. The van der Waals surface area contributed by atoms with E-state index in [1.807, 2.05) is 13.8 Å². The van der Waals surface area contributed by atoms with Gasteiger partial charge in [-0.05, 0) is 28.3 Å². The molecule has 7 heteroatoms. The van der Waals surface area contributed by atoms with Crippen molar-refractivity contribution in [1.29, 1.82) is 0 Å². The summed E-state index contributed by atoms with van der Waals surface area (Å²) in [4.78, 5) is 21.6. The molecule has 1 rings (SSSR count). The van der Waals surface area contributed by atoms with E-state index in [0.29, 0.717) is 10.0 Å². The first kappa shape index (κ1) is 15.4. The largest absolute Gasteiger partial charge is 0.513 e. The van der Waals surface area contributed by atoms with Gasteiger partial charge in [-0.3, -0.25) is 10.1 Å². The number of rotatable bonds is 4. The van der Waals surface area contributed by atoms with Crippen LogP contribution in [0.25, 0.3) is 0 Å². The molecule has 1 aromatic carbocycles. The van der Waals surface area contributed by atoms with Gasteiger partial charge < -0.3 is 9.47 Å². The Labute approximate surface area is 119 Å². The smallest absolute Gasteiger partial charge is 0.437 e. The number of carbonyl (C=O) groups excluding carboxylic acids is 1. The van der Waals surface area contributed by atoms with Crippen molar-refractivity contribution in [3.05, 3.63) is 32.3 Å². The number of nitro groups is 1. The molecule has 0 amide bonds. The highest BCUT2D eigenvalue weighted by molar-refractivity contribution is 9.10. The normalized spacial score (nSPS) is 11.8. The molecule has 104 valence electrons. The number of methoxy groups -OCH3 is 1. The number of nitro benzene ring substituents is 1. The number of nitrogens with zero attached hydrogens (tertiary/aromatic N) is 1. The van der Waals surface area contributed by atoms with Gasteiger partial charge in [-0.15, -0.1) is 0 Å². The summed E-state index contributed by atoms with van der Waals surface area (Å²) in [6, 6.07) is 2.71.